The highest BCUT2D eigenvalue weighted by Crippen LogP contribution is 2.27. The number of aryl methyl sites for hydroxylation is 1. The average Bonchev–Trinajstić information content (AvgIpc) is 2.66. The normalized spacial score (nSPS) is 16.7. The average molecular weight is 363 g/mol. The molecule has 1 fully saturated rings. The summed E-state index contributed by atoms with van der Waals surface area (Å²) in [5.41, 5.74) is 1.70. The van der Waals surface area contributed by atoms with Gasteiger partial charge >= 0.3 is 0 Å². The van der Waals surface area contributed by atoms with E-state index >= 15 is 0 Å². The maximum Gasteiger partial charge on any atom is 0.287 e. The number of methoxy groups -OCH3 is 1. The predicted molar refractivity (Wildman–Crippen MR) is 99.7 cm³/mol. The highest BCUT2D eigenvalue weighted by Gasteiger charge is 2.24. The van der Waals surface area contributed by atoms with Crippen molar-refractivity contribution < 1.29 is 4.74 Å². The fraction of sp³-hybridized carbons (Fsp3) is 0.444. The van der Waals surface area contributed by atoms with E-state index in [0.29, 0.717) is 6.04 Å². The second-order valence-corrected chi connectivity index (χ2v) is 6.63. The first-order valence-electron chi connectivity index (χ1n) is 8.36. The molecule has 1 atom stereocenters. The molecule has 1 aromatic carbocycles. The lowest BCUT2D eigenvalue weighted by molar-refractivity contribution is 0.198. The van der Waals surface area contributed by atoms with Gasteiger partial charge in [-0.1, -0.05) is 23.7 Å². The second kappa shape index (κ2) is 7.45. The summed E-state index contributed by atoms with van der Waals surface area (Å²) in [6.07, 6.45) is 1.67. The van der Waals surface area contributed by atoms with Crippen molar-refractivity contribution >= 4 is 17.3 Å². The Bertz CT molecular complexity index is 800. The van der Waals surface area contributed by atoms with Crippen molar-refractivity contribution in [3.63, 3.8) is 0 Å². The van der Waals surface area contributed by atoms with E-state index in [1.807, 2.05) is 12.1 Å². The molecule has 2 heterocycles. The first-order chi connectivity index (χ1) is 12.0. The molecule has 1 unspecified atom stereocenters. The zero-order valence-electron chi connectivity index (χ0n) is 14.8. The molecule has 7 heteroatoms. The van der Waals surface area contributed by atoms with E-state index in [2.05, 4.69) is 34.0 Å². The van der Waals surface area contributed by atoms with Crippen LogP contribution in [0.1, 0.15) is 18.5 Å². The van der Waals surface area contributed by atoms with Crippen molar-refractivity contribution in [1.82, 2.24) is 14.7 Å². The fourth-order valence-corrected chi connectivity index (χ4v) is 3.48. The zero-order valence-corrected chi connectivity index (χ0v) is 15.5. The van der Waals surface area contributed by atoms with Crippen LogP contribution < -0.4 is 15.2 Å². The predicted octanol–water partition coefficient (Wildman–Crippen LogP) is 2.33. The molecule has 1 aliphatic rings. The van der Waals surface area contributed by atoms with E-state index in [4.69, 9.17) is 16.3 Å². The third-order valence-corrected chi connectivity index (χ3v) is 5.19. The number of halogens is 1. The minimum Gasteiger partial charge on any atom is -0.497 e. The summed E-state index contributed by atoms with van der Waals surface area (Å²) in [4.78, 5) is 16.5. The summed E-state index contributed by atoms with van der Waals surface area (Å²) >= 11 is 6.22. The van der Waals surface area contributed by atoms with E-state index in [1.165, 1.54) is 10.2 Å². The Morgan fingerprint density at radius 3 is 2.64 bits per heavy atom. The van der Waals surface area contributed by atoms with Gasteiger partial charge in [0.2, 0.25) is 0 Å². The zero-order chi connectivity index (χ0) is 18.0. The van der Waals surface area contributed by atoms with Gasteiger partial charge in [0.25, 0.3) is 5.56 Å². The smallest absolute Gasteiger partial charge is 0.287 e. The minimum atomic E-state index is -0.258. The Balaban J connectivity index is 1.69. The lowest BCUT2D eigenvalue weighted by atomic mass is 10.1. The van der Waals surface area contributed by atoms with Crippen LogP contribution in [0.2, 0.25) is 5.02 Å². The lowest BCUT2D eigenvalue weighted by Crippen LogP contribution is -2.47. The second-order valence-electron chi connectivity index (χ2n) is 6.25. The van der Waals surface area contributed by atoms with Gasteiger partial charge in [0.15, 0.2) is 0 Å². The Hall–Kier alpha value is -2.05. The quantitative estimate of drug-likeness (QED) is 0.835. The Kier molecular flexibility index (Phi) is 5.30. The molecule has 2 aromatic rings. The van der Waals surface area contributed by atoms with Gasteiger partial charge in [-0.25, -0.2) is 4.68 Å². The van der Waals surface area contributed by atoms with Gasteiger partial charge in [-0.05, 0) is 24.6 Å². The largest absolute Gasteiger partial charge is 0.497 e. The monoisotopic (exact) mass is 362 g/mol. The molecule has 25 heavy (non-hydrogen) atoms. The maximum absolute atomic E-state index is 12.0. The van der Waals surface area contributed by atoms with Gasteiger partial charge in [0, 0.05) is 39.3 Å². The van der Waals surface area contributed by atoms with Crippen LogP contribution in [0.3, 0.4) is 0 Å². The van der Waals surface area contributed by atoms with Crippen LogP contribution >= 0.6 is 11.6 Å². The van der Waals surface area contributed by atoms with Crippen molar-refractivity contribution in [3.05, 3.63) is 51.4 Å². The molecule has 1 saturated heterocycles. The third kappa shape index (κ3) is 3.65. The molecule has 0 radical (unpaired) electrons. The van der Waals surface area contributed by atoms with Crippen molar-refractivity contribution in [2.24, 2.45) is 7.05 Å². The van der Waals surface area contributed by atoms with Crippen LogP contribution in [-0.4, -0.2) is 48.0 Å². The first-order valence-corrected chi connectivity index (χ1v) is 8.74. The number of hydrogen-bond acceptors (Lipinski definition) is 5. The molecule has 0 bridgehead atoms. The maximum atomic E-state index is 12.0. The Labute approximate surface area is 152 Å². The van der Waals surface area contributed by atoms with E-state index in [9.17, 15) is 4.79 Å². The number of aromatic nitrogens is 2. The standard InChI is InChI=1S/C18H23ClN4O2/c1-13(14-5-4-6-15(11-14)25-3)22-7-9-23(10-8-22)16-12-20-21(2)18(24)17(16)19/h4-6,11-13H,7-10H2,1-3H3. The van der Waals surface area contributed by atoms with Crippen molar-refractivity contribution in [2.45, 2.75) is 13.0 Å². The molecule has 6 nitrogen and oxygen atoms in total. The van der Waals surface area contributed by atoms with Crippen LogP contribution in [0.5, 0.6) is 5.75 Å². The molecule has 1 aromatic heterocycles. The van der Waals surface area contributed by atoms with E-state index < -0.39 is 0 Å². The summed E-state index contributed by atoms with van der Waals surface area (Å²) in [6.45, 7) is 5.61. The van der Waals surface area contributed by atoms with Crippen molar-refractivity contribution in [3.8, 4) is 5.75 Å². The number of rotatable bonds is 4. The molecule has 0 N–H and O–H groups in total. The third-order valence-electron chi connectivity index (χ3n) is 4.84. The number of benzene rings is 1. The van der Waals surface area contributed by atoms with E-state index in [-0.39, 0.29) is 10.6 Å². The minimum absolute atomic E-state index is 0.242. The molecule has 0 saturated carbocycles. The van der Waals surface area contributed by atoms with Crippen LogP contribution in [-0.2, 0) is 7.05 Å². The fourth-order valence-electron chi connectivity index (χ4n) is 3.18. The molecule has 134 valence electrons. The number of anilines is 1. The highest BCUT2D eigenvalue weighted by molar-refractivity contribution is 6.33. The molecule has 0 amide bonds. The molecule has 3 rings (SSSR count). The number of piperazine rings is 1. The Morgan fingerprint density at radius 2 is 1.96 bits per heavy atom. The van der Waals surface area contributed by atoms with Gasteiger partial charge in [-0.3, -0.25) is 9.69 Å². The van der Waals surface area contributed by atoms with Gasteiger partial charge in [-0.2, -0.15) is 5.10 Å². The number of ether oxygens (including phenoxy) is 1. The molecule has 0 aliphatic carbocycles. The van der Waals surface area contributed by atoms with E-state index in [1.54, 1.807) is 20.4 Å². The van der Waals surface area contributed by atoms with Gasteiger partial charge in [0.1, 0.15) is 10.8 Å². The van der Waals surface area contributed by atoms with Crippen LogP contribution in [0, 0.1) is 0 Å². The summed E-state index contributed by atoms with van der Waals surface area (Å²) in [6, 6.07) is 8.49. The highest BCUT2D eigenvalue weighted by atomic mass is 35.5. The first kappa shape index (κ1) is 17.8. The molecular formula is C18H23ClN4O2. The van der Waals surface area contributed by atoms with Crippen molar-refractivity contribution in [1.29, 1.82) is 0 Å². The summed E-state index contributed by atoms with van der Waals surface area (Å²) in [5.74, 6) is 0.876. The lowest BCUT2D eigenvalue weighted by Gasteiger charge is -2.39. The summed E-state index contributed by atoms with van der Waals surface area (Å²) < 4.78 is 6.58. The molecule has 1 aliphatic heterocycles. The molecule has 0 spiro atoms. The van der Waals surface area contributed by atoms with Crippen LogP contribution in [0.25, 0.3) is 0 Å². The summed E-state index contributed by atoms with van der Waals surface area (Å²) in [5, 5.41) is 4.33. The topological polar surface area (TPSA) is 50.6 Å². The van der Waals surface area contributed by atoms with Gasteiger partial charge in [-0.15, -0.1) is 0 Å². The Morgan fingerprint density at radius 1 is 1.24 bits per heavy atom. The van der Waals surface area contributed by atoms with Crippen LogP contribution in [0.15, 0.2) is 35.3 Å². The van der Waals surface area contributed by atoms with Gasteiger partial charge < -0.3 is 9.64 Å². The number of nitrogens with zero attached hydrogens (tertiary/aromatic N) is 4. The van der Waals surface area contributed by atoms with Crippen LogP contribution in [0.4, 0.5) is 5.69 Å². The van der Waals surface area contributed by atoms with Crippen molar-refractivity contribution in [2.75, 3.05) is 38.2 Å². The van der Waals surface area contributed by atoms with Gasteiger partial charge in [0.05, 0.1) is 19.0 Å². The van der Waals surface area contributed by atoms with E-state index in [0.717, 1.165) is 37.6 Å². The summed E-state index contributed by atoms with van der Waals surface area (Å²) in [7, 11) is 3.29. The number of hydrogen-bond donors (Lipinski definition) is 0. The SMILES string of the molecule is COc1cccc(C(C)N2CCN(c3cnn(C)c(=O)c3Cl)CC2)c1. The molecular weight excluding hydrogens is 340 g/mol.